The molecule has 0 saturated carbocycles. The lowest BCUT2D eigenvalue weighted by Crippen LogP contribution is -2.31. The number of likely N-dealkylation sites (N-methyl/N-ethyl adjacent to an activating group) is 1. The lowest BCUT2D eigenvalue weighted by molar-refractivity contribution is 0.283. The first-order chi connectivity index (χ1) is 8.70. The molecule has 1 heterocycles. The van der Waals surface area contributed by atoms with Gasteiger partial charge in [0.25, 0.3) is 0 Å². The fourth-order valence-electron chi connectivity index (χ4n) is 2.35. The van der Waals surface area contributed by atoms with Crippen molar-refractivity contribution in [1.82, 2.24) is 4.90 Å². The topological polar surface area (TPSA) is 53.1 Å². The van der Waals surface area contributed by atoms with Gasteiger partial charge in [0.1, 0.15) is 0 Å². The second kappa shape index (κ2) is 6.25. The quantitative estimate of drug-likeness (QED) is 0.612. The Hall–Kier alpha value is -1.00. The van der Waals surface area contributed by atoms with Crippen molar-refractivity contribution >= 4 is 17.6 Å². The highest BCUT2D eigenvalue weighted by Crippen LogP contribution is 2.39. The molecule has 1 aromatic carbocycles. The van der Waals surface area contributed by atoms with E-state index in [1.54, 1.807) is 0 Å². The maximum Gasteiger partial charge on any atom is 0.0918 e. The largest absolute Gasteiger partial charge is 0.388 e. The van der Waals surface area contributed by atoms with Crippen LogP contribution in [0.1, 0.15) is 24.8 Å². The number of nitrogens with zero attached hydrogens (tertiary/aromatic N) is 1. The Balaban J connectivity index is 1.95. The normalized spacial score (nSPS) is 18.0. The van der Waals surface area contributed by atoms with Crippen LogP contribution in [-0.2, 0) is 0 Å². The van der Waals surface area contributed by atoms with E-state index < -0.39 is 0 Å². The van der Waals surface area contributed by atoms with E-state index in [2.05, 4.69) is 36.1 Å². The molecule has 0 aliphatic carbocycles. The van der Waals surface area contributed by atoms with Gasteiger partial charge in [-0.25, -0.2) is 0 Å². The molecule has 0 fully saturated rings. The summed E-state index contributed by atoms with van der Waals surface area (Å²) >= 11 is 1.96. The molecule has 1 aliphatic rings. The van der Waals surface area contributed by atoms with Crippen LogP contribution in [0.4, 0.5) is 0 Å². The molecular weight excluding hydrogens is 242 g/mol. The highest BCUT2D eigenvalue weighted by molar-refractivity contribution is 7.99. The third-order valence-electron chi connectivity index (χ3n) is 3.42. The number of amidine groups is 1. The van der Waals surface area contributed by atoms with Crippen molar-refractivity contribution < 1.29 is 0 Å². The van der Waals surface area contributed by atoms with Crippen LogP contribution in [0.2, 0.25) is 0 Å². The Morgan fingerprint density at radius 1 is 1.50 bits per heavy atom. The summed E-state index contributed by atoms with van der Waals surface area (Å²) in [4.78, 5) is 3.83. The predicted molar refractivity (Wildman–Crippen MR) is 78.6 cm³/mol. The minimum atomic E-state index is 0.287. The third-order valence-corrected chi connectivity index (χ3v) is 4.67. The van der Waals surface area contributed by atoms with Gasteiger partial charge in [0.15, 0.2) is 0 Å². The van der Waals surface area contributed by atoms with Gasteiger partial charge >= 0.3 is 0 Å². The van der Waals surface area contributed by atoms with Crippen LogP contribution in [0, 0.1) is 5.41 Å². The van der Waals surface area contributed by atoms with Crippen molar-refractivity contribution in [3.63, 3.8) is 0 Å². The molecule has 98 valence electrons. The van der Waals surface area contributed by atoms with Crippen molar-refractivity contribution in [3.8, 4) is 0 Å². The lowest BCUT2D eigenvalue weighted by atomic mass is 10.0. The van der Waals surface area contributed by atoms with Gasteiger partial charge in [-0.2, -0.15) is 0 Å². The van der Waals surface area contributed by atoms with Crippen LogP contribution in [0.25, 0.3) is 0 Å². The van der Waals surface area contributed by atoms with E-state index in [-0.39, 0.29) is 5.84 Å². The molecule has 2 rings (SSSR count). The molecule has 3 nitrogen and oxygen atoms in total. The second-order valence-corrected chi connectivity index (χ2v) is 5.78. The Kier molecular flexibility index (Phi) is 4.66. The number of thioether (sulfide) groups is 1. The van der Waals surface area contributed by atoms with E-state index in [0.717, 1.165) is 19.6 Å². The van der Waals surface area contributed by atoms with Crippen LogP contribution in [0.15, 0.2) is 29.2 Å². The van der Waals surface area contributed by atoms with Crippen LogP contribution in [0.3, 0.4) is 0 Å². The number of nitrogens with two attached hydrogens (primary N) is 1. The SMILES string of the molecule is CCN(CCC(=N)N)CC1CSc2ccccc21. The Morgan fingerprint density at radius 2 is 2.28 bits per heavy atom. The molecule has 4 heteroatoms. The van der Waals surface area contributed by atoms with Gasteiger partial charge in [-0.3, -0.25) is 5.41 Å². The summed E-state index contributed by atoms with van der Waals surface area (Å²) in [6, 6.07) is 8.70. The molecule has 1 atom stereocenters. The zero-order valence-corrected chi connectivity index (χ0v) is 11.7. The number of fused-ring (bicyclic) bond motifs is 1. The van der Waals surface area contributed by atoms with E-state index in [9.17, 15) is 0 Å². The monoisotopic (exact) mass is 263 g/mol. The number of nitrogens with one attached hydrogen (secondary N) is 1. The van der Waals surface area contributed by atoms with E-state index in [4.69, 9.17) is 11.1 Å². The first kappa shape index (κ1) is 13.4. The van der Waals surface area contributed by atoms with Crippen LogP contribution in [-0.4, -0.2) is 36.1 Å². The summed E-state index contributed by atoms with van der Waals surface area (Å²) in [6.07, 6.45) is 0.676. The molecule has 1 aliphatic heterocycles. The van der Waals surface area contributed by atoms with Gasteiger partial charge in [-0.05, 0) is 18.2 Å². The summed E-state index contributed by atoms with van der Waals surface area (Å²) in [5, 5.41) is 7.31. The third kappa shape index (κ3) is 3.27. The van der Waals surface area contributed by atoms with Gasteiger partial charge < -0.3 is 10.6 Å². The molecule has 0 saturated heterocycles. The van der Waals surface area contributed by atoms with E-state index in [1.807, 2.05) is 11.8 Å². The number of benzene rings is 1. The average molecular weight is 263 g/mol. The van der Waals surface area contributed by atoms with Gasteiger partial charge in [-0.15, -0.1) is 11.8 Å². The highest BCUT2D eigenvalue weighted by atomic mass is 32.2. The Labute approximate surface area is 113 Å². The number of hydrogen-bond acceptors (Lipinski definition) is 3. The summed E-state index contributed by atoms with van der Waals surface area (Å²) < 4.78 is 0. The van der Waals surface area contributed by atoms with Crippen molar-refractivity contribution in [2.24, 2.45) is 5.73 Å². The minimum Gasteiger partial charge on any atom is -0.388 e. The zero-order chi connectivity index (χ0) is 13.0. The molecule has 18 heavy (non-hydrogen) atoms. The zero-order valence-electron chi connectivity index (χ0n) is 10.9. The molecular formula is C14H21N3S. The molecule has 0 bridgehead atoms. The molecule has 0 amide bonds. The molecule has 3 N–H and O–H groups in total. The number of rotatable bonds is 6. The van der Waals surface area contributed by atoms with Crippen molar-refractivity contribution in [3.05, 3.63) is 29.8 Å². The molecule has 0 aromatic heterocycles. The van der Waals surface area contributed by atoms with E-state index in [0.29, 0.717) is 12.3 Å². The fourth-order valence-corrected chi connectivity index (χ4v) is 3.59. The van der Waals surface area contributed by atoms with Crippen molar-refractivity contribution in [2.75, 3.05) is 25.4 Å². The summed E-state index contributed by atoms with van der Waals surface area (Å²) in [6.45, 7) is 5.17. The van der Waals surface area contributed by atoms with Gasteiger partial charge in [0.2, 0.25) is 0 Å². The van der Waals surface area contributed by atoms with Gasteiger partial charge in [-0.1, -0.05) is 25.1 Å². The van der Waals surface area contributed by atoms with Crippen LogP contribution < -0.4 is 5.73 Å². The molecule has 0 radical (unpaired) electrons. The first-order valence-corrected chi connectivity index (χ1v) is 7.46. The summed E-state index contributed by atoms with van der Waals surface area (Å²) in [5.41, 5.74) is 6.92. The molecule has 1 aromatic rings. The average Bonchev–Trinajstić information content (AvgIpc) is 2.77. The van der Waals surface area contributed by atoms with Gasteiger partial charge in [0.05, 0.1) is 5.84 Å². The molecule has 1 unspecified atom stereocenters. The predicted octanol–water partition coefficient (Wildman–Crippen LogP) is 2.52. The first-order valence-electron chi connectivity index (χ1n) is 6.47. The summed E-state index contributed by atoms with van der Waals surface area (Å²) in [7, 11) is 0. The summed E-state index contributed by atoms with van der Waals surface area (Å²) in [5.74, 6) is 2.09. The van der Waals surface area contributed by atoms with E-state index >= 15 is 0 Å². The standard InChI is InChI=1S/C14H21N3S/c1-2-17(8-7-14(15)16)9-11-10-18-13-6-4-3-5-12(11)13/h3-6,11H,2,7-10H2,1H3,(H3,15,16). The molecule has 0 spiro atoms. The fraction of sp³-hybridized carbons (Fsp3) is 0.500. The lowest BCUT2D eigenvalue weighted by Gasteiger charge is -2.24. The Bertz CT molecular complexity index is 419. The smallest absolute Gasteiger partial charge is 0.0918 e. The van der Waals surface area contributed by atoms with Crippen LogP contribution >= 0.6 is 11.8 Å². The second-order valence-electron chi connectivity index (χ2n) is 4.71. The van der Waals surface area contributed by atoms with Gasteiger partial charge in [0, 0.05) is 36.1 Å². The maximum atomic E-state index is 7.31. The Morgan fingerprint density at radius 3 is 3.00 bits per heavy atom. The minimum absolute atomic E-state index is 0.287. The maximum absolute atomic E-state index is 7.31. The van der Waals surface area contributed by atoms with Crippen molar-refractivity contribution in [2.45, 2.75) is 24.2 Å². The highest BCUT2D eigenvalue weighted by Gasteiger charge is 2.24. The van der Waals surface area contributed by atoms with Crippen molar-refractivity contribution in [1.29, 1.82) is 5.41 Å². The van der Waals surface area contributed by atoms with Crippen LogP contribution in [0.5, 0.6) is 0 Å². The van der Waals surface area contributed by atoms with E-state index in [1.165, 1.54) is 16.2 Å². The number of hydrogen-bond donors (Lipinski definition) is 2.